The summed E-state index contributed by atoms with van der Waals surface area (Å²) in [7, 11) is -3.31. The van der Waals surface area contributed by atoms with E-state index >= 15 is 0 Å². The van der Waals surface area contributed by atoms with E-state index in [1.807, 2.05) is 5.38 Å². The summed E-state index contributed by atoms with van der Waals surface area (Å²) in [6.45, 7) is 7.83. The highest BCUT2D eigenvalue weighted by molar-refractivity contribution is 7.89. The zero-order valence-electron chi connectivity index (χ0n) is 13.3. The topological polar surface area (TPSA) is 77.5 Å². The first-order valence-electron chi connectivity index (χ1n) is 7.34. The molecule has 1 N–H and O–H groups in total. The van der Waals surface area contributed by atoms with Crippen molar-refractivity contribution in [3.63, 3.8) is 0 Å². The number of sulfonamides is 1. The van der Waals surface area contributed by atoms with Gasteiger partial charge in [-0.1, -0.05) is 20.8 Å². The van der Waals surface area contributed by atoms with Gasteiger partial charge in [0.05, 0.1) is 29.7 Å². The SMILES string of the molecule is CC(C)(C)c1csc(CCNS(=O)(=O)CC2COCOC2)n1. The molecule has 1 aliphatic heterocycles. The van der Waals surface area contributed by atoms with Crippen LogP contribution in [0.2, 0.25) is 0 Å². The molecule has 0 unspecified atom stereocenters. The van der Waals surface area contributed by atoms with Crippen molar-refractivity contribution >= 4 is 21.4 Å². The zero-order valence-corrected chi connectivity index (χ0v) is 14.9. The quantitative estimate of drug-likeness (QED) is 0.843. The molecule has 126 valence electrons. The summed E-state index contributed by atoms with van der Waals surface area (Å²) < 4.78 is 36.9. The Balaban J connectivity index is 1.78. The molecular formula is C14H24N2O4S2. The number of nitrogens with zero attached hydrogens (tertiary/aromatic N) is 1. The van der Waals surface area contributed by atoms with Crippen molar-refractivity contribution in [3.8, 4) is 0 Å². The lowest BCUT2D eigenvalue weighted by Gasteiger charge is -2.22. The van der Waals surface area contributed by atoms with Gasteiger partial charge < -0.3 is 9.47 Å². The third-order valence-corrected chi connectivity index (χ3v) is 5.77. The molecule has 2 heterocycles. The maximum atomic E-state index is 12.0. The lowest BCUT2D eigenvalue weighted by molar-refractivity contribution is -0.120. The second kappa shape index (κ2) is 7.35. The average molecular weight is 348 g/mol. The summed E-state index contributed by atoms with van der Waals surface area (Å²) in [5.41, 5.74) is 1.07. The van der Waals surface area contributed by atoms with Crippen molar-refractivity contribution in [2.24, 2.45) is 5.92 Å². The molecule has 0 saturated carbocycles. The van der Waals surface area contributed by atoms with Crippen LogP contribution in [0, 0.1) is 5.92 Å². The van der Waals surface area contributed by atoms with Gasteiger partial charge in [0.25, 0.3) is 0 Å². The van der Waals surface area contributed by atoms with Crippen molar-refractivity contribution in [3.05, 3.63) is 16.1 Å². The molecule has 1 fully saturated rings. The van der Waals surface area contributed by atoms with E-state index in [1.54, 1.807) is 11.3 Å². The van der Waals surface area contributed by atoms with Gasteiger partial charge >= 0.3 is 0 Å². The van der Waals surface area contributed by atoms with Crippen LogP contribution in [0.15, 0.2) is 5.38 Å². The number of hydrogen-bond acceptors (Lipinski definition) is 6. The number of hydrogen-bond donors (Lipinski definition) is 1. The first-order chi connectivity index (χ1) is 10.3. The molecule has 8 heteroatoms. The minimum absolute atomic E-state index is 0.0231. The molecule has 1 aromatic heterocycles. The Kier molecular flexibility index (Phi) is 5.95. The van der Waals surface area contributed by atoms with Crippen LogP contribution in [0.3, 0.4) is 0 Å². The van der Waals surface area contributed by atoms with Gasteiger partial charge in [-0.3, -0.25) is 0 Å². The molecule has 1 aliphatic rings. The first-order valence-corrected chi connectivity index (χ1v) is 9.87. The average Bonchev–Trinajstić information content (AvgIpc) is 2.88. The van der Waals surface area contributed by atoms with Crippen LogP contribution in [-0.2, 0) is 31.3 Å². The van der Waals surface area contributed by atoms with Gasteiger partial charge in [0.2, 0.25) is 10.0 Å². The summed E-state index contributed by atoms with van der Waals surface area (Å²) >= 11 is 1.58. The third kappa shape index (κ3) is 5.58. The minimum atomic E-state index is -3.31. The fourth-order valence-electron chi connectivity index (χ4n) is 2.09. The number of rotatable bonds is 6. The second-order valence-electron chi connectivity index (χ2n) is 6.53. The second-order valence-corrected chi connectivity index (χ2v) is 9.32. The van der Waals surface area contributed by atoms with E-state index in [-0.39, 0.29) is 23.9 Å². The molecule has 0 bridgehead atoms. The van der Waals surface area contributed by atoms with Gasteiger partial charge in [0.15, 0.2) is 0 Å². The van der Waals surface area contributed by atoms with Crippen molar-refractivity contribution < 1.29 is 17.9 Å². The highest BCUT2D eigenvalue weighted by Crippen LogP contribution is 2.23. The van der Waals surface area contributed by atoms with E-state index in [4.69, 9.17) is 9.47 Å². The number of nitrogens with one attached hydrogen (secondary N) is 1. The Morgan fingerprint density at radius 1 is 1.36 bits per heavy atom. The van der Waals surface area contributed by atoms with E-state index in [0.717, 1.165) is 10.7 Å². The molecule has 0 aliphatic carbocycles. The van der Waals surface area contributed by atoms with E-state index in [0.29, 0.717) is 26.2 Å². The van der Waals surface area contributed by atoms with E-state index in [9.17, 15) is 8.42 Å². The van der Waals surface area contributed by atoms with Crippen molar-refractivity contribution in [1.82, 2.24) is 9.71 Å². The van der Waals surface area contributed by atoms with Crippen LogP contribution in [0.25, 0.3) is 0 Å². The Hall–Kier alpha value is -0.540. The lowest BCUT2D eigenvalue weighted by atomic mass is 9.93. The Labute approximate surface area is 136 Å². The van der Waals surface area contributed by atoms with Gasteiger partial charge in [-0.05, 0) is 0 Å². The maximum Gasteiger partial charge on any atom is 0.212 e. The molecule has 1 saturated heterocycles. The number of aromatic nitrogens is 1. The Morgan fingerprint density at radius 2 is 2.05 bits per heavy atom. The van der Waals surface area contributed by atoms with Gasteiger partial charge in [-0.25, -0.2) is 18.1 Å². The predicted octanol–water partition coefficient (Wildman–Crippen LogP) is 1.52. The van der Waals surface area contributed by atoms with E-state index < -0.39 is 10.0 Å². The molecule has 6 nitrogen and oxygen atoms in total. The molecule has 2 rings (SSSR count). The summed E-state index contributed by atoms with van der Waals surface area (Å²) in [6.07, 6.45) is 0.609. The standard InChI is InChI=1S/C14H24N2O4S2/c1-14(2,3)12-8-21-13(16-12)4-5-15-22(17,18)9-11-6-19-10-20-7-11/h8,11,15H,4-7,9-10H2,1-3H3. The number of thiazole rings is 1. The van der Waals surface area contributed by atoms with Crippen LogP contribution < -0.4 is 4.72 Å². The van der Waals surface area contributed by atoms with E-state index in [1.165, 1.54) is 0 Å². The molecule has 22 heavy (non-hydrogen) atoms. The summed E-state index contributed by atoms with van der Waals surface area (Å²) in [5.74, 6) is -0.0587. The van der Waals surface area contributed by atoms with Crippen LogP contribution in [0.5, 0.6) is 0 Å². The molecular weight excluding hydrogens is 324 g/mol. The van der Waals surface area contributed by atoms with Gasteiger partial charge in [-0.15, -0.1) is 11.3 Å². The van der Waals surface area contributed by atoms with Crippen molar-refractivity contribution in [1.29, 1.82) is 0 Å². The molecule has 1 aromatic rings. The summed E-state index contributed by atoms with van der Waals surface area (Å²) in [4.78, 5) is 4.56. The third-order valence-electron chi connectivity index (χ3n) is 3.31. The van der Waals surface area contributed by atoms with Crippen LogP contribution in [-0.4, -0.2) is 45.7 Å². The lowest BCUT2D eigenvalue weighted by Crippen LogP contribution is -2.36. The van der Waals surface area contributed by atoms with Gasteiger partial charge in [0, 0.05) is 29.7 Å². The van der Waals surface area contributed by atoms with Crippen LogP contribution in [0.4, 0.5) is 0 Å². The summed E-state index contributed by atoms with van der Waals surface area (Å²) in [6, 6.07) is 0. The van der Waals surface area contributed by atoms with Crippen molar-refractivity contribution in [2.75, 3.05) is 32.3 Å². The maximum absolute atomic E-state index is 12.0. The van der Waals surface area contributed by atoms with Crippen LogP contribution in [0.1, 0.15) is 31.5 Å². The molecule has 0 amide bonds. The monoisotopic (exact) mass is 348 g/mol. The molecule has 0 aromatic carbocycles. The number of ether oxygens (including phenoxy) is 2. The van der Waals surface area contributed by atoms with Crippen LogP contribution >= 0.6 is 11.3 Å². The Morgan fingerprint density at radius 3 is 2.64 bits per heavy atom. The molecule has 0 radical (unpaired) electrons. The highest BCUT2D eigenvalue weighted by Gasteiger charge is 2.22. The first kappa shape index (κ1) is 17.8. The fourth-order valence-corrected chi connectivity index (χ4v) is 4.45. The highest BCUT2D eigenvalue weighted by atomic mass is 32.2. The normalized spacial score (nSPS) is 17.8. The Bertz CT molecular complexity index is 572. The fraction of sp³-hybridized carbons (Fsp3) is 0.786. The minimum Gasteiger partial charge on any atom is -0.355 e. The smallest absolute Gasteiger partial charge is 0.212 e. The zero-order chi connectivity index (χ0) is 16.2. The van der Waals surface area contributed by atoms with Gasteiger partial charge in [-0.2, -0.15) is 0 Å². The largest absolute Gasteiger partial charge is 0.355 e. The summed E-state index contributed by atoms with van der Waals surface area (Å²) in [5, 5.41) is 3.00. The van der Waals surface area contributed by atoms with E-state index in [2.05, 4.69) is 30.5 Å². The molecule has 0 atom stereocenters. The predicted molar refractivity (Wildman–Crippen MR) is 86.6 cm³/mol. The van der Waals surface area contributed by atoms with Gasteiger partial charge in [0.1, 0.15) is 6.79 Å². The van der Waals surface area contributed by atoms with Crippen molar-refractivity contribution in [2.45, 2.75) is 32.6 Å². The molecule has 0 spiro atoms.